The standard InChI is InChI=1S/C14H12Cl2NO2S/c1-9-3-5-11(6-4-9)17-20(18,19)14-7-10(2)12(15)8-13(14)16/h3-8,17H,1H2,2H3. The highest BCUT2D eigenvalue weighted by Gasteiger charge is 2.19. The fourth-order valence-electron chi connectivity index (χ4n) is 1.62. The number of sulfonamides is 1. The molecule has 0 aliphatic carbocycles. The minimum absolute atomic E-state index is 0.000216. The maximum absolute atomic E-state index is 12.3. The molecule has 2 rings (SSSR count). The molecule has 1 N–H and O–H groups in total. The normalized spacial score (nSPS) is 11.4. The molecule has 3 nitrogen and oxygen atoms in total. The van der Waals surface area contributed by atoms with Gasteiger partial charge < -0.3 is 0 Å². The Labute approximate surface area is 128 Å². The van der Waals surface area contributed by atoms with Crippen molar-refractivity contribution in [2.75, 3.05) is 4.72 Å². The van der Waals surface area contributed by atoms with Gasteiger partial charge in [0.1, 0.15) is 4.90 Å². The molecule has 0 saturated heterocycles. The van der Waals surface area contributed by atoms with Gasteiger partial charge in [-0.15, -0.1) is 0 Å². The van der Waals surface area contributed by atoms with Crippen LogP contribution in [0.4, 0.5) is 5.69 Å². The lowest BCUT2D eigenvalue weighted by molar-refractivity contribution is 0.601. The Hall–Kier alpha value is -1.23. The zero-order valence-electron chi connectivity index (χ0n) is 10.7. The van der Waals surface area contributed by atoms with Crippen molar-refractivity contribution in [3.63, 3.8) is 0 Å². The molecule has 2 aromatic carbocycles. The highest BCUT2D eigenvalue weighted by Crippen LogP contribution is 2.29. The van der Waals surface area contributed by atoms with Crippen LogP contribution in [0.5, 0.6) is 0 Å². The Morgan fingerprint density at radius 2 is 1.65 bits per heavy atom. The van der Waals surface area contributed by atoms with Crippen LogP contribution < -0.4 is 4.72 Å². The van der Waals surface area contributed by atoms with E-state index in [9.17, 15) is 8.42 Å². The van der Waals surface area contributed by atoms with Gasteiger partial charge >= 0.3 is 0 Å². The van der Waals surface area contributed by atoms with E-state index in [2.05, 4.69) is 11.6 Å². The summed E-state index contributed by atoms with van der Waals surface area (Å²) in [6.45, 7) is 5.46. The fourth-order valence-corrected chi connectivity index (χ4v) is 3.51. The number of benzene rings is 2. The summed E-state index contributed by atoms with van der Waals surface area (Å²) < 4.78 is 27.1. The van der Waals surface area contributed by atoms with Gasteiger partial charge in [-0.3, -0.25) is 4.72 Å². The first-order chi connectivity index (χ1) is 9.29. The Morgan fingerprint density at radius 1 is 1.05 bits per heavy atom. The van der Waals surface area contributed by atoms with E-state index in [4.69, 9.17) is 23.2 Å². The molecule has 105 valence electrons. The van der Waals surface area contributed by atoms with Gasteiger partial charge in [-0.2, -0.15) is 0 Å². The van der Waals surface area contributed by atoms with Gasteiger partial charge in [-0.1, -0.05) is 35.3 Å². The molecule has 0 fully saturated rings. The van der Waals surface area contributed by atoms with Crippen LogP contribution in [-0.4, -0.2) is 8.42 Å². The van der Waals surface area contributed by atoms with Crippen molar-refractivity contribution in [3.05, 3.63) is 64.5 Å². The topological polar surface area (TPSA) is 46.2 Å². The van der Waals surface area contributed by atoms with Crippen molar-refractivity contribution in [2.45, 2.75) is 11.8 Å². The highest BCUT2D eigenvalue weighted by molar-refractivity contribution is 7.92. The van der Waals surface area contributed by atoms with E-state index < -0.39 is 10.0 Å². The van der Waals surface area contributed by atoms with Crippen LogP contribution >= 0.6 is 23.2 Å². The molecule has 2 aromatic rings. The lowest BCUT2D eigenvalue weighted by Gasteiger charge is -2.11. The van der Waals surface area contributed by atoms with Crippen LogP contribution in [0.2, 0.25) is 10.0 Å². The van der Waals surface area contributed by atoms with Crippen molar-refractivity contribution in [3.8, 4) is 0 Å². The Morgan fingerprint density at radius 3 is 2.25 bits per heavy atom. The van der Waals surface area contributed by atoms with Crippen LogP contribution in [-0.2, 0) is 10.0 Å². The summed E-state index contributed by atoms with van der Waals surface area (Å²) in [7, 11) is -3.76. The molecule has 1 radical (unpaired) electrons. The van der Waals surface area contributed by atoms with E-state index >= 15 is 0 Å². The van der Waals surface area contributed by atoms with E-state index in [1.54, 1.807) is 31.2 Å². The molecule has 0 bridgehead atoms. The molecule has 0 amide bonds. The lowest BCUT2D eigenvalue weighted by Crippen LogP contribution is -2.13. The number of aryl methyl sites for hydroxylation is 1. The number of nitrogens with one attached hydrogen (secondary N) is 1. The third-order valence-electron chi connectivity index (χ3n) is 2.71. The smallest absolute Gasteiger partial charge is 0.263 e. The first-order valence-corrected chi connectivity index (χ1v) is 7.94. The van der Waals surface area contributed by atoms with Gasteiger partial charge in [-0.05, 0) is 49.2 Å². The van der Waals surface area contributed by atoms with Gasteiger partial charge in [0, 0.05) is 10.7 Å². The van der Waals surface area contributed by atoms with Gasteiger partial charge in [0.2, 0.25) is 0 Å². The van der Waals surface area contributed by atoms with E-state index in [0.29, 0.717) is 16.3 Å². The van der Waals surface area contributed by atoms with Gasteiger partial charge in [0.15, 0.2) is 0 Å². The number of rotatable bonds is 3. The summed E-state index contributed by atoms with van der Waals surface area (Å²) in [5.41, 5.74) is 1.89. The Bertz CT molecular complexity index is 741. The molecule has 20 heavy (non-hydrogen) atoms. The molecule has 0 unspecified atom stereocenters. The molecule has 0 spiro atoms. The molecule has 0 saturated carbocycles. The largest absolute Gasteiger partial charge is 0.280 e. The molecule has 0 aliphatic heterocycles. The summed E-state index contributed by atoms with van der Waals surface area (Å²) in [5.74, 6) is 0. The summed E-state index contributed by atoms with van der Waals surface area (Å²) in [5, 5.41) is 0.511. The second-order valence-electron chi connectivity index (χ2n) is 4.33. The first kappa shape index (κ1) is 15.2. The average molecular weight is 329 g/mol. The summed E-state index contributed by atoms with van der Waals surface area (Å²) >= 11 is 11.9. The average Bonchev–Trinajstić information content (AvgIpc) is 2.36. The van der Waals surface area contributed by atoms with Crippen LogP contribution in [0, 0.1) is 13.8 Å². The molecular formula is C14H12Cl2NO2S. The van der Waals surface area contributed by atoms with Crippen molar-refractivity contribution >= 4 is 38.9 Å². The summed E-state index contributed by atoms with van der Waals surface area (Å²) in [4.78, 5) is -0.000216. The maximum atomic E-state index is 12.3. The van der Waals surface area contributed by atoms with E-state index in [1.165, 1.54) is 12.1 Å². The zero-order chi connectivity index (χ0) is 14.9. The SMILES string of the molecule is [CH2]c1ccc(NS(=O)(=O)c2cc(C)c(Cl)cc2Cl)cc1. The molecule has 0 heterocycles. The van der Waals surface area contributed by atoms with Crippen LogP contribution in [0.3, 0.4) is 0 Å². The second-order valence-corrected chi connectivity index (χ2v) is 6.80. The lowest BCUT2D eigenvalue weighted by atomic mass is 10.2. The van der Waals surface area contributed by atoms with Crippen molar-refractivity contribution in [1.29, 1.82) is 0 Å². The monoisotopic (exact) mass is 328 g/mol. The van der Waals surface area contributed by atoms with Gasteiger partial charge in [-0.25, -0.2) is 8.42 Å². The van der Waals surface area contributed by atoms with E-state index in [-0.39, 0.29) is 9.92 Å². The van der Waals surface area contributed by atoms with Crippen molar-refractivity contribution in [1.82, 2.24) is 0 Å². The number of halogens is 2. The first-order valence-electron chi connectivity index (χ1n) is 5.70. The maximum Gasteiger partial charge on any atom is 0.263 e. The third kappa shape index (κ3) is 3.26. The second kappa shape index (κ2) is 5.64. The minimum Gasteiger partial charge on any atom is -0.280 e. The van der Waals surface area contributed by atoms with Crippen LogP contribution in [0.25, 0.3) is 0 Å². The summed E-state index contributed by atoms with van der Waals surface area (Å²) in [6.07, 6.45) is 0. The minimum atomic E-state index is -3.76. The van der Waals surface area contributed by atoms with E-state index in [1.807, 2.05) is 0 Å². The van der Waals surface area contributed by atoms with Gasteiger partial charge in [0.25, 0.3) is 10.0 Å². The molecule has 0 aromatic heterocycles. The summed E-state index contributed by atoms with van der Waals surface area (Å²) in [6, 6.07) is 9.57. The number of hydrogen-bond donors (Lipinski definition) is 1. The van der Waals surface area contributed by atoms with Crippen LogP contribution in [0.1, 0.15) is 11.1 Å². The van der Waals surface area contributed by atoms with Crippen LogP contribution in [0.15, 0.2) is 41.3 Å². The van der Waals surface area contributed by atoms with Gasteiger partial charge in [0.05, 0.1) is 5.02 Å². The predicted octanol–water partition coefficient (Wildman–Crippen LogP) is 4.28. The third-order valence-corrected chi connectivity index (χ3v) is 4.96. The highest BCUT2D eigenvalue weighted by atomic mass is 35.5. The molecular weight excluding hydrogens is 317 g/mol. The molecule has 6 heteroatoms. The Kier molecular flexibility index (Phi) is 4.28. The molecule has 0 aliphatic rings. The molecule has 0 atom stereocenters. The predicted molar refractivity (Wildman–Crippen MR) is 82.9 cm³/mol. The fraction of sp³-hybridized carbons (Fsp3) is 0.0714. The van der Waals surface area contributed by atoms with Crippen molar-refractivity contribution in [2.24, 2.45) is 0 Å². The zero-order valence-corrected chi connectivity index (χ0v) is 13.0. The van der Waals surface area contributed by atoms with Crippen molar-refractivity contribution < 1.29 is 8.42 Å². The van der Waals surface area contributed by atoms with E-state index in [0.717, 1.165) is 5.56 Å². The Balaban J connectivity index is 2.40. The quantitative estimate of drug-likeness (QED) is 0.913. The number of anilines is 1. The number of hydrogen-bond acceptors (Lipinski definition) is 2.